The topological polar surface area (TPSA) is 69.7 Å². The maximum atomic E-state index is 13.9. The summed E-state index contributed by atoms with van der Waals surface area (Å²) in [4.78, 5) is 13.9. The largest absolute Gasteiger partial charge is 0.348 e. The molecule has 6 nitrogen and oxygen atoms in total. The molecule has 0 saturated carbocycles. The van der Waals surface area contributed by atoms with Crippen LogP contribution in [0.25, 0.3) is 0 Å². The van der Waals surface area contributed by atoms with Gasteiger partial charge in [0.2, 0.25) is 15.9 Å². The summed E-state index contributed by atoms with van der Waals surface area (Å²) in [6.07, 6.45) is 0. The fourth-order valence-electron chi connectivity index (χ4n) is 3.24. The van der Waals surface area contributed by atoms with Gasteiger partial charge in [0.15, 0.2) is 0 Å². The lowest BCUT2D eigenvalue weighted by molar-refractivity contribution is -0.123. The van der Waals surface area contributed by atoms with Gasteiger partial charge in [0.1, 0.15) is 10.7 Å². The smallest absolute Gasteiger partial charge is 0.246 e. The van der Waals surface area contributed by atoms with Gasteiger partial charge < -0.3 is 5.32 Å². The second kappa shape index (κ2) is 8.81. The van der Waals surface area contributed by atoms with E-state index in [-0.39, 0.29) is 36.5 Å². The second-order valence-electron chi connectivity index (χ2n) is 6.81. The Balaban J connectivity index is 1.53. The molecule has 1 heterocycles. The van der Waals surface area contributed by atoms with Crippen molar-refractivity contribution in [3.8, 4) is 0 Å². The van der Waals surface area contributed by atoms with Crippen LogP contribution in [0.2, 0.25) is 0 Å². The Morgan fingerprint density at radius 1 is 1.04 bits per heavy atom. The zero-order valence-electron chi connectivity index (χ0n) is 15.7. The van der Waals surface area contributed by atoms with E-state index in [0.717, 1.165) is 11.6 Å². The molecule has 2 aromatic carbocycles. The van der Waals surface area contributed by atoms with Crippen LogP contribution in [0, 0.1) is 5.82 Å². The average molecular weight is 405 g/mol. The number of carbonyl (C=O) groups excluding carboxylic acids is 1. The van der Waals surface area contributed by atoms with Gasteiger partial charge in [-0.1, -0.05) is 42.5 Å². The van der Waals surface area contributed by atoms with E-state index in [1.807, 2.05) is 42.2 Å². The summed E-state index contributed by atoms with van der Waals surface area (Å²) in [7, 11) is -3.87. The van der Waals surface area contributed by atoms with Gasteiger partial charge >= 0.3 is 0 Å². The summed E-state index contributed by atoms with van der Waals surface area (Å²) in [6, 6.07) is 15.0. The number of hydrogen-bond donors (Lipinski definition) is 1. The first-order valence-electron chi connectivity index (χ1n) is 9.19. The van der Waals surface area contributed by atoms with Gasteiger partial charge in [-0.25, -0.2) is 12.8 Å². The molecule has 28 heavy (non-hydrogen) atoms. The molecule has 8 heteroatoms. The monoisotopic (exact) mass is 405 g/mol. The molecule has 1 aliphatic heterocycles. The molecule has 150 valence electrons. The Labute approximate surface area is 165 Å². The van der Waals surface area contributed by atoms with Crippen molar-refractivity contribution in [3.63, 3.8) is 0 Å². The van der Waals surface area contributed by atoms with Crippen molar-refractivity contribution >= 4 is 15.9 Å². The number of nitrogens with zero attached hydrogens (tertiary/aromatic N) is 2. The lowest BCUT2D eigenvalue weighted by atomic mass is 10.1. The van der Waals surface area contributed by atoms with Crippen molar-refractivity contribution in [2.75, 3.05) is 32.7 Å². The molecular weight excluding hydrogens is 381 g/mol. The van der Waals surface area contributed by atoms with E-state index < -0.39 is 15.8 Å². The molecule has 3 rings (SSSR count). The molecule has 2 aromatic rings. The van der Waals surface area contributed by atoms with Gasteiger partial charge in [-0.05, 0) is 24.6 Å². The average Bonchev–Trinajstić information content (AvgIpc) is 2.69. The summed E-state index contributed by atoms with van der Waals surface area (Å²) in [6.45, 7) is 3.40. The molecule has 0 aliphatic carbocycles. The summed E-state index contributed by atoms with van der Waals surface area (Å²) < 4.78 is 40.4. The summed E-state index contributed by atoms with van der Waals surface area (Å²) in [5.74, 6) is -0.860. The second-order valence-corrected chi connectivity index (χ2v) is 8.72. The summed E-state index contributed by atoms with van der Waals surface area (Å²) >= 11 is 0. The highest BCUT2D eigenvalue weighted by atomic mass is 32.2. The number of piperazine rings is 1. The van der Waals surface area contributed by atoms with Crippen LogP contribution in [0.4, 0.5) is 4.39 Å². The Hall–Kier alpha value is -2.29. The van der Waals surface area contributed by atoms with Crippen molar-refractivity contribution in [1.82, 2.24) is 14.5 Å². The summed E-state index contributed by atoms with van der Waals surface area (Å²) in [5.41, 5.74) is 1.02. The van der Waals surface area contributed by atoms with Crippen molar-refractivity contribution in [1.29, 1.82) is 0 Å². The molecule has 0 bridgehead atoms. The molecule has 0 radical (unpaired) electrons. The van der Waals surface area contributed by atoms with Crippen molar-refractivity contribution in [3.05, 3.63) is 66.0 Å². The SMILES string of the molecule is CC(NC(=O)CN1CCN(S(=O)(=O)c2ccccc2F)CC1)c1ccccc1. The number of halogens is 1. The molecule has 1 saturated heterocycles. The lowest BCUT2D eigenvalue weighted by Gasteiger charge is -2.33. The van der Waals surface area contributed by atoms with E-state index in [4.69, 9.17) is 0 Å². The van der Waals surface area contributed by atoms with E-state index in [2.05, 4.69) is 5.32 Å². The van der Waals surface area contributed by atoms with E-state index >= 15 is 0 Å². The van der Waals surface area contributed by atoms with Crippen LogP contribution in [0.5, 0.6) is 0 Å². The highest BCUT2D eigenvalue weighted by Gasteiger charge is 2.30. The number of hydrogen-bond acceptors (Lipinski definition) is 4. The molecule has 1 aliphatic rings. The first-order chi connectivity index (χ1) is 13.4. The fraction of sp³-hybridized carbons (Fsp3) is 0.350. The van der Waals surface area contributed by atoms with Gasteiger partial charge in [-0.15, -0.1) is 0 Å². The maximum absolute atomic E-state index is 13.9. The number of amides is 1. The van der Waals surface area contributed by atoms with E-state index in [0.29, 0.717) is 13.1 Å². The Bertz CT molecular complexity index is 913. The van der Waals surface area contributed by atoms with E-state index in [1.165, 1.54) is 22.5 Å². The molecule has 1 unspecified atom stereocenters. The number of nitrogens with one attached hydrogen (secondary N) is 1. The maximum Gasteiger partial charge on any atom is 0.246 e. The van der Waals surface area contributed by atoms with Crippen LogP contribution in [0.3, 0.4) is 0 Å². The van der Waals surface area contributed by atoms with Crippen LogP contribution in [0.1, 0.15) is 18.5 Å². The first kappa shape index (κ1) is 20.4. The number of benzene rings is 2. The predicted octanol–water partition coefficient (Wildman–Crippen LogP) is 2.01. The third-order valence-electron chi connectivity index (χ3n) is 4.83. The number of rotatable bonds is 6. The molecule has 1 atom stereocenters. The molecular formula is C20H24FN3O3S. The Morgan fingerprint density at radius 3 is 2.29 bits per heavy atom. The standard InChI is InChI=1S/C20H24FN3O3S/c1-16(17-7-3-2-4-8-17)22-20(25)15-23-11-13-24(14-12-23)28(26,27)19-10-6-5-9-18(19)21/h2-10,16H,11-15H2,1H3,(H,22,25). The first-order valence-corrected chi connectivity index (χ1v) is 10.6. The van der Waals surface area contributed by atoms with Crippen molar-refractivity contribution in [2.24, 2.45) is 0 Å². The third kappa shape index (κ3) is 4.76. The minimum absolute atomic E-state index is 0.101. The van der Waals surface area contributed by atoms with Gasteiger partial charge in [-0.2, -0.15) is 4.31 Å². The normalized spacial score (nSPS) is 17.2. The Kier molecular flexibility index (Phi) is 6.43. The van der Waals surface area contributed by atoms with Gasteiger partial charge in [0.25, 0.3) is 0 Å². The predicted molar refractivity (Wildman–Crippen MR) is 105 cm³/mol. The van der Waals surface area contributed by atoms with Crippen LogP contribution >= 0.6 is 0 Å². The van der Waals surface area contributed by atoms with E-state index in [9.17, 15) is 17.6 Å². The number of sulfonamides is 1. The van der Waals surface area contributed by atoms with Gasteiger partial charge in [0.05, 0.1) is 12.6 Å². The molecule has 1 amide bonds. The van der Waals surface area contributed by atoms with Gasteiger partial charge in [-0.3, -0.25) is 9.69 Å². The minimum atomic E-state index is -3.87. The lowest BCUT2D eigenvalue weighted by Crippen LogP contribution is -2.51. The van der Waals surface area contributed by atoms with Crippen LogP contribution in [-0.2, 0) is 14.8 Å². The molecule has 1 N–H and O–H groups in total. The fourth-order valence-corrected chi connectivity index (χ4v) is 4.72. The molecule has 0 aromatic heterocycles. The van der Waals surface area contributed by atoms with Crippen LogP contribution < -0.4 is 5.32 Å². The quantitative estimate of drug-likeness (QED) is 0.798. The van der Waals surface area contributed by atoms with Crippen molar-refractivity contribution in [2.45, 2.75) is 17.9 Å². The molecule has 0 spiro atoms. The van der Waals surface area contributed by atoms with E-state index in [1.54, 1.807) is 0 Å². The highest BCUT2D eigenvalue weighted by molar-refractivity contribution is 7.89. The zero-order chi connectivity index (χ0) is 20.1. The van der Waals surface area contributed by atoms with Crippen LogP contribution in [0.15, 0.2) is 59.5 Å². The Morgan fingerprint density at radius 2 is 1.64 bits per heavy atom. The third-order valence-corrected chi connectivity index (χ3v) is 6.76. The summed E-state index contributed by atoms with van der Waals surface area (Å²) in [5, 5.41) is 2.96. The van der Waals surface area contributed by atoms with Gasteiger partial charge in [0, 0.05) is 26.2 Å². The number of carbonyl (C=O) groups is 1. The minimum Gasteiger partial charge on any atom is -0.348 e. The van der Waals surface area contributed by atoms with Crippen LogP contribution in [-0.4, -0.2) is 56.3 Å². The highest BCUT2D eigenvalue weighted by Crippen LogP contribution is 2.20. The molecule has 1 fully saturated rings. The zero-order valence-corrected chi connectivity index (χ0v) is 16.5. The van der Waals surface area contributed by atoms with Crippen molar-refractivity contribution < 1.29 is 17.6 Å².